The summed E-state index contributed by atoms with van der Waals surface area (Å²) < 4.78 is 5.33. The summed E-state index contributed by atoms with van der Waals surface area (Å²) in [4.78, 5) is 4.52. The quantitative estimate of drug-likeness (QED) is 0.919. The van der Waals surface area contributed by atoms with Crippen LogP contribution in [0.25, 0.3) is 10.6 Å². The zero-order valence-corrected chi connectivity index (χ0v) is 11.4. The van der Waals surface area contributed by atoms with Crippen LogP contribution < -0.4 is 10.1 Å². The molecule has 1 N–H and O–H groups in total. The third-order valence-corrected chi connectivity index (χ3v) is 3.86. The van der Waals surface area contributed by atoms with Gasteiger partial charge in [0.1, 0.15) is 15.8 Å². The topological polar surface area (TPSA) is 34.1 Å². The number of thiazole rings is 1. The van der Waals surface area contributed by atoms with Crippen LogP contribution in [0.1, 0.15) is 5.69 Å². The molecule has 0 aliphatic heterocycles. The normalized spacial score (nSPS) is 10.4. The largest absolute Gasteiger partial charge is 0.496 e. The first-order chi connectivity index (χ1) is 8.15. The number of aromatic nitrogens is 1. The lowest BCUT2D eigenvalue weighted by atomic mass is 10.2. The Morgan fingerprint density at radius 1 is 1.41 bits per heavy atom. The Morgan fingerprint density at radius 3 is 2.76 bits per heavy atom. The summed E-state index contributed by atoms with van der Waals surface area (Å²) in [6, 6.07) is 5.57. The molecule has 0 saturated heterocycles. The Bertz CT molecular complexity index is 539. The van der Waals surface area contributed by atoms with Gasteiger partial charge in [-0.3, -0.25) is 0 Å². The number of anilines is 1. The molecule has 0 amide bonds. The van der Waals surface area contributed by atoms with Crippen LogP contribution in [-0.4, -0.2) is 19.1 Å². The van der Waals surface area contributed by atoms with Gasteiger partial charge in [-0.05, 0) is 25.1 Å². The van der Waals surface area contributed by atoms with Crippen LogP contribution in [0.15, 0.2) is 18.2 Å². The maximum absolute atomic E-state index is 5.94. The summed E-state index contributed by atoms with van der Waals surface area (Å²) in [5.74, 6) is 0.744. The average Bonchev–Trinajstić information content (AvgIpc) is 2.70. The smallest absolute Gasteiger partial charge is 0.130 e. The average molecular weight is 269 g/mol. The molecule has 0 fully saturated rings. The lowest BCUT2D eigenvalue weighted by Crippen LogP contribution is -1.87. The molecule has 0 aliphatic carbocycles. The molecule has 0 atom stereocenters. The van der Waals surface area contributed by atoms with Crippen LogP contribution in [0.2, 0.25) is 5.02 Å². The van der Waals surface area contributed by atoms with Gasteiger partial charge in [-0.2, -0.15) is 0 Å². The summed E-state index contributed by atoms with van der Waals surface area (Å²) in [6.07, 6.45) is 0. The Balaban J connectivity index is 2.51. The standard InChI is InChI=1S/C12H13ClN2OS/c1-7-11(14-2)17-12(15-7)9-5-4-8(13)6-10(9)16-3/h4-6,14H,1-3H3. The van der Waals surface area contributed by atoms with Gasteiger partial charge >= 0.3 is 0 Å². The van der Waals surface area contributed by atoms with Gasteiger partial charge in [0, 0.05) is 12.1 Å². The number of nitrogens with zero attached hydrogens (tertiary/aromatic N) is 1. The van der Waals surface area contributed by atoms with E-state index in [9.17, 15) is 0 Å². The summed E-state index contributed by atoms with van der Waals surface area (Å²) in [5.41, 5.74) is 1.95. The number of nitrogens with one attached hydrogen (secondary N) is 1. The highest BCUT2D eigenvalue weighted by atomic mass is 35.5. The second kappa shape index (κ2) is 4.94. The van der Waals surface area contributed by atoms with Crippen LogP contribution in [0.3, 0.4) is 0 Å². The second-order valence-corrected chi connectivity index (χ2v) is 4.96. The van der Waals surface area contributed by atoms with E-state index >= 15 is 0 Å². The number of ether oxygens (including phenoxy) is 1. The summed E-state index contributed by atoms with van der Waals surface area (Å²) in [7, 11) is 3.53. The van der Waals surface area contributed by atoms with Crippen molar-refractivity contribution in [2.75, 3.05) is 19.5 Å². The van der Waals surface area contributed by atoms with Crippen molar-refractivity contribution in [1.29, 1.82) is 0 Å². The van der Waals surface area contributed by atoms with Crippen molar-refractivity contribution >= 4 is 27.9 Å². The number of hydrogen-bond acceptors (Lipinski definition) is 4. The summed E-state index contributed by atoms with van der Waals surface area (Å²) in [6.45, 7) is 1.98. The van der Waals surface area contributed by atoms with E-state index in [-0.39, 0.29) is 0 Å². The Kier molecular flexibility index (Phi) is 3.54. The molecule has 1 aromatic heterocycles. The molecule has 0 bridgehead atoms. The third kappa shape index (κ3) is 2.37. The fraction of sp³-hybridized carbons (Fsp3) is 0.250. The van der Waals surface area contributed by atoms with Gasteiger partial charge in [-0.25, -0.2) is 4.98 Å². The van der Waals surface area contributed by atoms with Crippen LogP contribution >= 0.6 is 22.9 Å². The van der Waals surface area contributed by atoms with Crippen molar-refractivity contribution in [2.45, 2.75) is 6.92 Å². The fourth-order valence-electron chi connectivity index (χ4n) is 1.59. The fourth-order valence-corrected chi connectivity index (χ4v) is 2.70. The van der Waals surface area contributed by atoms with E-state index < -0.39 is 0 Å². The molecule has 90 valence electrons. The molecule has 2 rings (SSSR count). The Morgan fingerprint density at radius 2 is 2.18 bits per heavy atom. The minimum absolute atomic E-state index is 0.660. The zero-order valence-electron chi connectivity index (χ0n) is 9.87. The van der Waals surface area contributed by atoms with Crippen molar-refractivity contribution < 1.29 is 4.74 Å². The number of halogens is 1. The highest BCUT2D eigenvalue weighted by molar-refractivity contribution is 7.19. The molecule has 0 aliphatic rings. The number of benzene rings is 1. The molecule has 5 heteroatoms. The van der Waals surface area contributed by atoms with E-state index in [0.717, 1.165) is 27.0 Å². The Labute approximate surface area is 109 Å². The maximum atomic E-state index is 5.94. The first-order valence-electron chi connectivity index (χ1n) is 5.14. The highest BCUT2D eigenvalue weighted by Gasteiger charge is 2.12. The van der Waals surface area contributed by atoms with Gasteiger partial charge in [0.25, 0.3) is 0 Å². The predicted octanol–water partition coefficient (Wildman–Crippen LogP) is 3.82. The van der Waals surface area contributed by atoms with Gasteiger partial charge in [0.05, 0.1) is 18.4 Å². The first kappa shape index (κ1) is 12.2. The molecule has 0 saturated carbocycles. The van der Waals surface area contributed by atoms with E-state index in [1.165, 1.54) is 0 Å². The van der Waals surface area contributed by atoms with Crippen LogP contribution in [0, 0.1) is 6.92 Å². The predicted molar refractivity (Wildman–Crippen MR) is 73.4 cm³/mol. The van der Waals surface area contributed by atoms with Crippen molar-refractivity contribution in [3.8, 4) is 16.3 Å². The molecule has 1 heterocycles. The lowest BCUT2D eigenvalue weighted by molar-refractivity contribution is 0.416. The zero-order chi connectivity index (χ0) is 12.4. The van der Waals surface area contributed by atoms with E-state index in [4.69, 9.17) is 16.3 Å². The summed E-state index contributed by atoms with van der Waals surface area (Å²) in [5, 5.41) is 5.78. The molecule has 3 nitrogen and oxygen atoms in total. The molecule has 17 heavy (non-hydrogen) atoms. The molecular weight excluding hydrogens is 256 g/mol. The molecular formula is C12H13ClN2OS. The van der Waals surface area contributed by atoms with E-state index in [1.807, 2.05) is 26.1 Å². The molecule has 0 spiro atoms. The van der Waals surface area contributed by atoms with Gasteiger partial charge in [0.15, 0.2) is 0 Å². The minimum Gasteiger partial charge on any atom is -0.496 e. The maximum Gasteiger partial charge on any atom is 0.130 e. The number of aryl methyl sites for hydroxylation is 1. The third-order valence-electron chi connectivity index (χ3n) is 2.42. The molecule has 0 radical (unpaired) electrons. The van der Waals surface area contributed by atoms with Crippen LogP contribution in [0.4, 0.5) is 5.00 Å². The van der Waals surface area contributed by atoms with Crippen molar-refractivity contribution in [3.63, 3.8) is 0 Å². The number of hydrogen-bond donors (Lipinski definition) is 1. The van der Waals surface area contributed by atoms with E-state index in [2.05, 4.69) is 10.3 Å². The monoisotopic (exact) mass is 268 g/mol. The van der Waals surface area contributed by atoms with E-state index in [1.54, 1.807) is 24.5 Å². The van der Waals surface area contributed by atoms with Gasteiger partial charge in [-0.15, -0.1) is 0 Å². The highest BCUT2D eigenvalue weighted by Crippen LogP contribution is 2.37. The number of rotatable bonds is 3. The first-order valence-corrected chi connectivity index (χ1v) is 6.34. The molecule has 1 aromatic carbocycles. The number of methoxy groups -OCH3 is 1. The second-order valence-electron chi connectivity index (χ2n) is 3.53. The molecule has 0 unspecified atom stereocenters. The van der Waals surface area contributed by atoms with Crippen molar-refractivity contribution in [2.24, 2.45) is 0 Å². The van der Waals surface area contributed by atoms with Crippen molar-refractivity contribution in [1.82, 2.24) is 4.98 Å². The molecule has 2 aromatic rings. The van der Waals surface area contributed by atoms with Crippen molar-refractivity contribution in [3.05, 3.63) is 28.9 Å². The summed E-state index contributed by atoms with van der Waals surface area (Å²) >= 11 is 7.54. The van der Waals surface area contributed by atoms with Crippen LogP contribution in [-0.2, 0) is 0 Å². The van der Waals surface area contributed by atoms with Gasteiger partial charge in [0.2, 0.25) is 0 Å². The SMILES string of the molecule is CNc1sc(-c2ccc(Cl)cc2OC)nc1C. The Hall–Kier alpha value is -1.26. The lowest BCUT2D eigenvalue weighted by Gasteiger charge is -2.05. The van der Waals surface area contributed by atoms with Gasteiger partial charge in [-0.1, -0.05) is 22.9 Å². The van der Waals surface area contributed by atoms with Crippen LogP contribution in [0.5, 0.6) is 5.75 Å². The van der Waals surface area contributed by atoms with Gasteiger partial charge < -0.3 is 10.1 Å². The minimum atomic E-state index is 0.660. The van der Waals surface area contributed by atoms with E-state index in [0.29, 0.717) is 5.02 Å².